The molecule has 0 saturated carbocycles. The lowest BCUT2D eigenvalue weighted by molar-refractivity contribution is 0.00631. The molecule has 0 radical (unpaired) electrons. The lowest BCUT2D eigenvalue weighted by atomic mass is 10.2. The summed E-state index contributed by atoms with van der Waals surface area (Å²) in [6.45, 7) is 2.99. The van der Waals surface area contributed by atoms with Gasteiger partial charge >= 0.3 is 6.09 Å². The lowest BCUT2D eigenvalue weighted by Gasteiger charge is -2.09. The van der Waals surface area contributed by atoms with Crippen molar-refractivity contribution in [2.75, 3.05) is 65.2 Å². The second-order valence-corrected chi connectivity index (χ2v) is 6.42. The fraction of sp³-hybridized carbons (Fsp3) is 0.409. The van der Waals surface area contributed by atoms with Crippen molar-refractivity contribution in [3.8, 4) is 0 Å². The van der Waals surface area contributed by atoms with E-state index in [9.17, 15) is 9.59 Å². The fourth-order valence-corrected chi connectivity index (χ4v) is 2.45. The number of hydrogen-bond donors (Lipinski definition) is 3. The number of aromatic nitrogens is 1. The molecule has 0 aliphatic carbocycles. The molecule has 0 saturated heterocycles. The molecule has 0 aliphatic rings. The number of nitrogens with one attached hydrogen (secondary N) is 3. The second kappa shape index (κ2) is 15.6. The standard InChI is InChI=1S/C22H30N4O6/c1-23-22(28)32-16-15-31-14-13-30-12-11-29-10-9-25-21(27)18-4-6-19(7-5-18)26-20-3-2-8-24-17-20/h2-8,17,26H,9-16H2,1H3,(H,23,28)(H,25,27). The van der Waals surface area contributed by atoms with E-state index in [1.54, 1.807) is 24.5 Å². The van der Waals surface area contributed by atoms with Gasteiger partial charge in [0.15, 0.2) is 0 Å². The highest BCUT2D eigenvalue weighted by Gasteiger charge is 2.05. The molecule has 174 valence electrons. The Morgan fingerprint density at radius 3 is 2.12 bits per heavy atom. The van der Waals surface area contributed by atoms with Gasteiger partial charge in [-0.1, -0.05) is 0 Å². The number of hydrogen-bond acceptors (Lipinski definition) is 8. The van der Waals surface area contributed by atoms with E-state index in [4.69, 9.17) is 18.9 Å². The zero-order chi connectivity index (χ0) is 22.9. The van der Waals surface area contributed by atoms with Gasteiger partial charge in [0.2, 0.25) is 0 Å². The highest BCUT2D eigenvalue weighted by Crippen LogP contribution is 2.15. The van der Waals surface area contributed by atoms with Crippen molar-refractivity contribution >= 4 is 23.4 Å². The lowest BCUT2D eigenvalue weighted by Crippen LogP contribution is -2.27. The summed E-state index contributed by atoms with van der Waals surface area (Å²) in [5.74, 6) is -0.157. The molecule has 0 spiro atoms. The van der Waals surface area contributed by atoms with E-state index in [0.717, 1.165) is 11.4 Å². The number of nitrogens with zero attached hydrogens (tertiary/aromatic N) is 1. The third-order valence-corrected chi connectivity index (χ3v) is 4.04. The van der Waals surface area contributed by atoms with Gasteiger partial charge in [-0.25, -0.2) is 4.79 Å². The number of carbonyl (C=O) groups is 2. The van der Waals surface area contributed by atoms with Crippen LogP contribution in [0.25, 0.3) is 0 Å². The van der Waals surface area contributed by atoms with E-state index in [-0.39, 0.29) is 12.5 Å². The largest absolute Gasteiger partial charge is 0.447 e. The van der Waals surface area contributed by atoms with E-state index in [1.807, 2.05) is 24.3 Å². The van der Waals surface area contributed by atoms with Crippen LogP contribution in [0.3, 0.4) is 0 Å². The summed E-state index contributed by atoms with van der Waals surface area (Å²) in [6, 6.07) is 11.0. The Bertz CT molecular complexity index is 789. The van der Waals surface area contributed by atoms with E-state index in [2.05, 4.69) is 20.9 Å². The van der Waals surface area contributed by atoms with Gasteiger partial charge in [-0.05, 0) is 36.4 Å². The molecule has 1 aromatic heterocycles. The quantitative estimate of drug-likeness (QED) is 0.355. The molecule has 3 N–H and O–H groups in total. The van der Waals surface area contributed by atoms with E-state index >= 15 is 0 Å². The Labute approximate surface area is 187 Å². The minimum absolute atomic E-state index is 0.157. The number of anilines is 2. The van der Waals surface area contributed by atoms with Gasteiger partial charge in [0.1, 0.15) is 6.61 Å². The average molecular weight is 447 g/mol. The van der Waals surface area contributed by atoms with Crippen LogP contribution in [0.15, 0.2) is 48.8 Å². The predicted molar refractivity (Wildman–Crippen MR) is 119 cm³/mol. The smallest absolute Gasteiger partial charge is 0.406 e. The minimum atomic E-state index is -0.481. The summed E-state index contributed by atoms with van der Waals surface area (Å²) in [7, 11) is 1.50. The zero-order valence-corrected chi connectivity index (χ0v) is 18.2. The van der Waals surface area contributed by atoms with Gasteiger partial charge in [-0.3, -0.25) is 9.78 Å². The molecule has 1 heterocycles. The molecule has 0 atom stereocenters. The van der Waals surface area contributed by atoms with Crippen molar-refractivity contribution in [3.63, 3.8) is 0 Å². The van der Waals surface area contributed by atoms with Gasteiger partial charge in [-0.2, -0.15) is 0 Å². The first kappa shape index (κ1) is 25.1. The van der Waals surface area contributed by atoms with Crippen LogP contribution in [0.1, 0.15) is 10.4 Å². The maximum Gasteiger partial charge on any atom is 0.406 e. The zero-order valence-electron chi connectivity index (χ0n) is 18.2. The van der Waals surface area contributed by atoms with Crippen LogP contribution in [0.5, 0.6) is 0 Å². The molecule has 0 fully saturated rings. The van der Waals surface area contributed by atoms with Crippen molar-refractivity contribution in [3.05, 3.63) is 54.4 Å². The third kappa shape index (κ3) is 10.7. The predicted octanol–water partition coefficient (Wildman–Crippen LogP) is 1.96. The number of alkyl carbamates (subject to hydrolysis) is 1. The van der Waals surface area contributed by atoms with Gasteiger partial charge < -0.3 is 34.9 Å². The average Bonchev–Trinajstić information content (AvgIpc) is 2.82. The van der Waals surface area contributed by atoms with Crippen molar-refractivity contribution in [2.45, 2.75) is 0 Å². The molecule has 0 aliphatic heterocycles. The monoisotopic (exact) mass is 446 g/mol. The summed E-state index contributed by atoms with van der Waals surface area (Å²) in [5.41, 5.74) is 2.33. The summed E-state index contributed by atoms with van der Waals surface area (Å²) in [5, 5.41) is 8.38. The summed E-state index contributed by atoms with van der Waals surface area (Å²) < 4.78 is 20.8. The van der Waals surface area contributed by atoms with Crippen molar-refractivity contribution in [1.82, 2.24) is 15.6 Å². The molecule has 0 unspecified atom stereocenters. The maximum absolute atomic E-state index is 12.2. The topological polar surface area (TPSA) is 120 Å². The highest BCUT2D eigenvalue weighted by atomic mass is 16.6. The SMILES string of the molecule is CNC(=O)OCCOCCOCCOCCNC(=O)c1ccc(Nc2cccnc2)cc1. The highest BCUT2D eigenvalue weighted by molar-refractivity contribution is 5.94. The van der Waals surface area contributed by atoms with E-state index < -0.39 is 6.09 Å². The molecule has 32 heavy (non-hydrogen) atoms. The van der Waals surface area contributed by atoms with Crippen LogP contribution in [0, 0.1) is 0 Å². The van der Waals surface area contributed by atoms with Crippen molar-refractivity contribution in [1.29, 1.82) is 0 Å². The summed E-state index contributed by atoms with van der Waals surface area (Å²) in [4.78, 5) is 27.1. The first-order chi connectivity index (χ1) is 15.7. The van der Waals surface area contributed by atoms with Gasteiger partial charge in [-0.15, -0.1) is 0 Å². The van der Waals surface area contributed by atoms with E-state index in [0.29, 0.717) is 51.7 Å². The van der Waals surface area contributed by atoms with Gasteiger partial charge in [0.05, 0.1) is 51.5 Å². The molecule has 1 aromatic carbocycles. The van der Waals surface area contributed by atoms with Crippen LogP contribution in [-0.4, -0.2) is 76.8 Å². The first-order valence-electron chi connectivity index (χ1n) is 10.3. The Hall–Kier alpha value is -3.21. The molecule has 2 amide bonds. The molecular formula is C22H30N4O6. The number of ether oxygens (including phenoxy) is 4. The maximum atomic E-state index is 12.2. The summed E-state index contributed by atoms with van der Waals surface area (Å²) >= 11 is 0. The first-order valence-corrected chi connectivity index (χ1v) is 10.3. The second-order valence-electron chi connectivity index (χ2n) is 6.42. The molecule has 2 aromatic rings. The van der Waals surface area contributed by atoms with E-state index in [1.165, 1.54) is 7.05 Å². The van der Waals surface area contributed by atoms with Crippen LogP contribution in [-0.2, 0) is 18.9 Å². The normalized spacial score (nSPS) is 10.4. The van der Waals surface area contributed by atoms with Crippen LogP contribution in [0.4, 0.5) is 16.2 Å². The minimum Gasteiger partial charge on any atom is -0.447 e. The number of rotatable bonds is 15. The van der Waals surface area contributed by atoms with Crippen LogP contribution < -0.4 is 16.0 Å². The van der Waals surface area contributed by atoms with Crippen molar-refractivity contribution in [2.24, 2.45) is 0 Å². The Kier molecular flexibility index (Phi) is 12.2. The van der Waals surface area contributed by atoms with Crippen LogP contribution in [0.2, 0.25) is 0 Å². The Morgan fingerprint density at radius 1 is 0.844 bits per heavy atom. The van der Waals surface area contributed by atoms with Gasteiger partial charge in [0, 0.05) is 31.0 Å². The fourth-order valence-electron chi connectivity index (χ4n) is 2.45. The van der Waals surface area contributed by atoms with Gasteiger partial charge in [0.25, 0.3) is 5.91 Å². The number of amides is 2. The third-order valence-electron chi connectivity index (χ3n) is 4.04. The molecule has 10 heteroatoms. The number of benzene rings is 1. The van der Waals surface area contributed by atoms with Crippen LogP contribution >= 0.6 is 0 Å². The Morgan fingerprint density at radius 2 is 1.50 bits per heavy atom. The molecule has 10 nitrogen and oxygen atoms in total. The molecular weight excluding hydrogens is 416 g/mol. The number of carbonyl (C=O) groups excluding carboxylic acids is 2. The molecule has 2 rings (SSSR count). The molecule has 0 bridgehead atoms. The Balaban J connectivity index is 1.45. The number of pyridine rings is 1. The summed E-state index contributed by atoms with van der Waals surface area (Å²) in [6.07, 6.45) is 2.96. The van der Waals surface area contributed by atoms with Crippen molar-refractivity contribution < 1.29 is 28.5 Å².